The lowest BCUT2D eigenvalue weighted by atomic mass is 10.1. The number of alkyl halides is 3. The largest absolute Gasteiger partial charge is 0.493 e. The van der Waals surface area contributed by atoms with Gasteiger partial charge in [-0.2, -0.15) is 17.8 Å². The molecule has 0 fully saturated rings. The van der Waals surface area contributed by atoms with E-state index in [0.29, 0.717) is 17.5 Å². The molecule has 0 saturated carbocycles. The number of anilines is 1. The first-order chi connectivity index (χ1) is 11.2. The number of nitrogens with zero attached hydrogens (tertiary/aromatic N) is 2. The van der Waals surface area contributed by atoms with Gasteiger partial charge in [-0.15, -0.1) is 0 Å². The normalized spacial score (nSPS) is 11.8. The fourth-order valence-corrected chi connectivity index (χ4v) is 2.55. The average molecular weight is 364 g/mol. The van der Waals surface area contributed by atoms with E-state index in [9.17, 15) is 23.4 Å². The molecule has 0 radical (unpaired) electrons. The van der Waals surface area contributed by atoms with Gasteiger partial charge < -0.3 is 10.2 Å². The molecule has 2 heterocycles. The summed E-state index contributed by atoms with van der Waals surface area (Å²) in [6, 6.07) is 1.84. The Morgan fingerprint density at radius 3 is 2.46 bits per heavy atom. The Morgan fingerprint density at radius 1 is 1.25 bits per heavy atom. The Labute approximate surface area is 141 Å². The minimum Gasteiger partial charge on any atom is -0.493 e. The summed E-state index contributed by atoms with van der Waals surface area (Å²) in [7, 11) is 0. The topological polar surface area (TPSA) is 70.3 Å². The molecular formula is C15H17ClF3N3O2. The average Bonchev–Trinajstić information content (AvgIpc) is 2.68. The third kappa shape index (κ3) is 3.53. The molecule has 0 aliphatic rings. The van der Waals surface area contributed by atoms with E-state index < -0.39 is 16.9 Å². The Kier molecular flexibility index (Phi) is 5.17. The van der Waals surface area contributed by atoms with Crippen molar-refractivity contribution in [1.82, 2.24) is 9.66 Å². The molecule has 3 N–H and O–H groups in total. The standard InChI is InChI=1S/C15H17ClF3N3O2/c1-3-4-5-9-8(2)13(23)22(14(9)24)21-11-7-6-10(12(16)20-11)15(17,18)19/h6-7,23-24H,3-5H2,1-2H3,(H,20,21). The summed E-state index contributed by atoms with van der Waals surface area (Å²) in [6.45, 7) is 3.64. The van der Waals surface area contributed by atoms with Gasteiger partial charge in [-0.1, -0.05) is 24.9 Å². The Bertz CT molecular complexity index is 745. The van der Waals surface area contributed by atoms with Crippen LogP contribution in [0.5, 0.6) is 11.8 Å². The highest BCUT2D eigenvalue weighted by molar-refractivity contribution is 6.30. The van der Waals surface area contributed by atoms with Crippen molar-refractivity contribution in [2.45, 2.75) is 39.3 Å². The summed E-state index contributed by atoms with van der Waals surface area (Å²) < 4.78 is 39.0. The quantitative estimate of drug-likeness (QED) is 0.684. The van der Waals surface area contributed by atoms with Crippen molar-refractivity contribution in [3.05, 3.63) is 34.0 Å². The number of aromatic nitrogens is 2. The lowest BCUT2D eigenvalue weighted by Crippen LogP contribution is -2.12. The third-order valence-corrected chi connectivity index (χ3v) is 3.93. The molecule has 0 aliphatic heterocycles. The van der Waals surface area contributed by atoms with E-state index in [2.05, 4.69) is 10.4 Å². The summed E-state index contributed by atoms with van der Waals surface area (Å²) in [5, 5.41) is 19.6. The van der Waals surface area contributed by atoms with E-state index in [-0.39, 0.29) is 17.6 Å². The second-order valence-electron chi connectivity index (χ2n) is 5.33. The summed E-state index contributed by atoms with van der Waals surface area (Å²) >= 11 is 5.56. The zero-order valence-electron chi connectivity index (χ0n) is 13.1. The van der Waals surface area contributed by atoms with Gasteiger partial charge in [0.1, 0.15) is 11.0 Å². The van der Waals surface area contributed by atoms with Gasteiger partial charge in [-0.25, -0.2) is 4.98 Å². The van der Waals surface area contributed by atoms with Crippen LogP contribution in [-0.2, 0) is 12.6 Å². The van der Waals surface area contributed by atoms with Crippen molar-refractivity contribution in [2.75, 3.05) is 5.43 Å². The fourth-order valence-electron chi connectivity index (χ4n) is 2.29. The van der Waals surface area contributed by atoms with Crippen LogP contribution in [0.25, 0.3) is 0 Å². The van der Waals surface area contributed by atoms with Gasteiger partial charge >= 0.3 is 6.18 Å². The molecule has 0 aromatic carbocycles. The van der Waals surface area contributed by atoms with Gasteiger partial charge in [-0.05, 0) is 31.9 Å². The van der Waals surface area contributed by atoms with Crippen LogP contribution in [0.4, 0.5) is 19.0 Å². The van der Waals surface area contributed by atoms with Crippen LogP contribution in [0.15, 0.2) is 12.1 Å². The van der Waals surface area contributed by atoms with Crippen LogP contribution in [0.2, 0.25) is 5.15 Å². The Morgan fingerprint density at radius 2 is 1.92 bits per heavy atom. The predicted octanol–water partition coefficient (Wildman–Crippen LogP) is 4.49. The molecular weight excluding hydrogens is 347 g/mol. The molecule has 0 unspecified atom stereocenters. The van der Waals surface area contributed by atoms with Crippen LogP contribution < -0.4 is 5.43 Å². The number of rotatable bonds is 5. The number of unbranched alkanes of at least 4 members (excludes halogenated alkanes) is 1. The van der Waals surface area contributed by atoms with Gasteiger partial charge in [0.15, 0.2) is 0 Å². The molecule has 0 spiro atoms. The molecule has 2 aromatic rings. The number of pyridine rings is 1. The maximum Gasteiger partial charge on any atom is 0.419 e. The van der Waals surface area contributed by atoms with Crippen molar-refractivity contribution >= 4 is 17.4 Å². The van der Waals surface area contributed by atoms with Crippen molar-refractivity contribution < 1.29 is 23.4 Å². The minimum atomic E-state index is -4.61. The zero-order valence-corrected chi connectivity index (χ0v) is 13.8. The van der Waals surface area contributed by atoms with Gasteiger partial charge in [0.25, 0.3) is 0 Å². The second-order valence-corrected chi connectivity index (χ2v) is 5.69. The maximum absolute atomic E-state index is 12.7. The number of halogens is 4. The first-order valence-corrected chi connectivity index (χ1v) is 7.67. The molecule has 5 nitrogen and oxygen atoms in total. The SMILES string of the molecule is CCCCc1c(C)c(O)n(Nc2ccc(C(F)(F)F)c(Cl)n2)c1O. The van der Waals surface area contributed by atoms with Crippen LogP contribution in [0.3, 0.4) is 0 Å². The Hall–Kier alpha value is -2.09. The van der Waals surface area contributed by atoms with E-state index >= 15 is 0 Å². The number of nitrogens with one attached hydrogen (secondary N) is 1. The van der Waals surface area contributed by atoms with Crippen molar-refractivity contribution in [3.8, 4) is 11.8 Å². The molecule has 9 heteroatoms. The smallest absolute Gasteiger partial charge is 0.419 e. The third-order valence-electron chi connectivity index (χ3n) is 3.64. The van der Waals surface area contributed by atoms with Crippen molar-refractivity contribution in [3.63, 3.8) is 0 Å². The second kappa shape index (κ2) is 6.80. The van der Waals surface area contributed by atoms with Crippen molar-refractivity contribution in [2.24, 2.45) is 0 Å². The molecule has 132 valence electrons. The van der Waals surface area contributed by atoms with Crippen LogP contribution in [0.1, 0.15) is 36.5 Å². The van der Waals surface area contributed by atoms with Crippen LogP contribution >= 0.6 is 11.6 Å². The maximum atomic E-state index is 12.7. The van der Waals surface area contributed by atoms with E-state index in [1.54, 1.807) is 6.92 Å². The highest BCUT2D eigenvalue weighted by atomic mass is 35.5. The van der Waals surface area contributed by atoms with Crippen LogP contribution in [0, 0.1) is 6.92 Å². The fraction of sp³-hybridized carbons (Fsp3) is 0.400. The zero-order chi connectivity index (χ0) is 18.1. The minimum absolute atomic E-state index is 0.0457. The lowest BCUT2D eigenvalue weighted by molar-refractivity contribution is -0.137. The van der Waals surface area contributed by atoms with Gasteiger partial charge in [0.2, 0.25) is 11.8 Å². The van der Waals surface area contributed by atoms with E-state index in [4.69, 9.17) is 11.6 Å². The number of hydrogen-bond donors (Lipinski definition) is 3. The predicted molar refractivity (Wildman–Crippen MR) is 84.4 cm³/mol. The lowest BCUT2D eigenvalue weighted by Gasteiger charge is -2.12. The van der Waals surface area contributed by atoms with Crippen LogP contribution in [-0.4, -0.2) is 19.9 Å². The molecule has 0 atom stereocenters. The van der Waals surface area contributed by atoms with Gasteiger partial charge in [0.05, 0.1) is 5.56 Å². The summed E-state index contributed by atoms with van der Waals surface area (Å²) in [5.74, 6) is -0.497. The molecule has 0 amide bonds. The molecule has 0 saturated heterocycles. The number of aromatic hydroxyl groups is 2. The highest BCUT2D eigenvalue weighted by Crippen LogP contribution is 2.36. The molecule has 2 aromatic heterocycles. The van der Waals surface area contributed by atoms with E-state index in [0.717, 1.165) is 29.7 Å². The molecule has 0 bridgehead atoms. The van der Waals surface area contributed by atoms with E-state index in [1.165, 1.54) is 0 Å². The number of hydrogen-bond acceptors (Lipinski definition) is 4. The highest BCUT2D eigenvalue weighted by Gasteiger charge is 2.34. The van der Waals surface area contributed by atoms with Gasteiger partial charge in [0, 0.05) is 11.1 Å². The molecule has 2 rings (SSSR count). The van der Waals surface area contributed by atoms with E-state index in [1.807, 2.05) is 6.92 Å². The van der Waals surface area contributed by atoms with Gasteiger partial charge in [-0.3, -0.25) is 5.43 Å². The summed E-state index contributed by atoms with van der Waals surface area (Å²) in [5.41, 5.74) is 2.55. The first-order valence-electron chi connectivity index (χ1n) is 7.29. The molecule has 24 heavy (non-hydrogen) atoms. The Balaban J connectivity index is 2.33. The molecule has 0 aliphatic carbocycles. The summed E-state index contributed by atoms with van der Waals surface area (Å²) in [6.07, 6.45) is -2.31. The first kappa shape index (κ1) is 18.3. The monoisotopic (exact) mass is 363 g/mol. The summed E-state index contributed by atoms with van der Waals surface area (Å²) in [4.78, 5) is 3.61. The van der Waals surface area contributed by atoms with Crippen molar-refractivity contribution in [1.29, 1.82) is 0 Å².